The van der Waals surface area contributed by atoms with E-state index in [-0.39, 0.29) is 17.9 Å². The van der Waals surface area contributed by atoms with Crippen molar-refractivity contribution in [3.8, 4) is 17.2 Å². The van der Waals surface area contributed by atoms with Crippen LogP contribution in [0.1, 0.15) is 28.8 Å². The molecule has 1 fully saturated rings. The summed E-state index contributed by atoms with van der Waals surface area (Å²) in [5, 5.41) is 22.7. The quantitative estimate of drug-likeness (QED) is 0.309. The molecule has 1 aliphatic rings. The molecule has 0 saturated heterocycles. The zero-order chi connectivity index (χ0) is 22.8. The summed E-state index contributed by atoms with van der Waals surface area (Å²) in [4.78, 5) is 11.2. The van der Waals surface area contributed by atoms with Gasteiger partial charge in [-0.05, 0) is 61.1 Å². The maximum absolute atomic E-state index is 11.2. The maximum Gasteiger partial charge on any atom is 0.252 e. The van der Waals surface area contributed by atoms with E-state index in [2.05, 4.69) is 5.32 Å². The van der Waals surface area contributed by atoms with Crippen molar-refractivity contribution in [1.29, 1.82) is 0 Å². The van der Waals surface area contributed by atoms with E-state index < -0.39 is 12.0 Å². The highest BCUT2D eigenvalue weighted by atomic mass is 16.5. The van der Waals surface area contributed by atoms with Crippen molar-refractivity contribution in [1.82, 2.24) is 5.32 Å². The van der Waals surface area contributed by atoms with Crippen LogP contribution >= 0.6 is 0 Å². The first-order valence-corrected chi connectivity index (χ1v) is 10.9. The van der Waals surface area contributed by atoms with Gasteiger partial charge in [0.25, 0.3) is 5.91 Å². The van der Waals surface area contributed by atoms with E-state index in [1.165, 1.54) is 30.5 Å². The maximum atomic E-state index is 11.2. The number of nitrogens with two attached hydrogens (primary N) is 1. The smallest absolute Gasteiger partial charge is 0.252 e. The normalized spacial score (nSPS) is 14.2. The molecule has 0 spiro atoms. The number of rotatable bonds is 15. The fourth-order valence-electron chi connectivity index (χ4n) is 3.04. The van der Waals surface area contributed by atoms with E-state index in [4.69, 9.17) is 19.9 Å². The molecule has 0 heterocycles. The Bertz CT molecular complexity index is 854. The summed E-state index contributed by atoms with van der Waals surface area (Å²) in [6.07, 6.45) is 2.83. The van der Waals surface area contributed by atoms with Crippen LogP contribution in [0.3, 0.4) is 0 Å². The topological polar surface area (TPSA) is 123 Å². The summed E-state index contributed by atoms with van der Waals surface area (Å²) in [6, 6.07) is 12.2. The lowest BCUT2D eigenvalue weighted by Gasteiger charge is -2.14. The lowest BCUT2D eigenvalue weighted by atomic mass is 10.1. The van der Waals surface area contributed by atoms with Gasteiger partial charge >= 0.3 is 0 Å². The molecule has 8 heteroatoms. The molecular formula is C24H32N2O6. The van der Waals surface area contributed by atoms with Gasteiger partial charge in [0, 0.05) is 19.7 Å². The lowest BCUT2D eigenvalue weighted by Crippen LogP contribution is -2.33. The van der Waals surface area contributed by atoms with Crippen molar-refractivity contribution in [2.75, 3.05) is 39.5 Å². The highest BCUT2D eigenvalue weighted by molar-refractivity contribution is 5.95. The second-order valence-corrected chi connectivity index (χ2v) is 7.97. The van der Waals surface area contributed by atoms with Gasteiger partial charge in [-0.15, -0.1) is 0 Å². The summed E-state index contributed by atoms with van der Waals surface area (Å²) in [7, 11) is 0. The van der Waals surface area contributed by atoms with Gasteiger partial charge in [0.15, 0.2) is 0 Å². The SMILES string of the molecule is NC(=O)c1cc(OCCNCC(O)COc2ccc(CCOCC3CC3)cc2)ccc1O. The molecule has 1 unspecified atom stereocenters. The fourth-order valence-corrected chi connectivity index (χ4v) is 3.04. The van der Waals surface area contributed by atoms with Crippen LogP contribution in [0.4, 0.5) is 0 Å². The molecule has 1 aliphatic carbocycles. The third-order valence-electron chi connectivity index (χ3n) is 5.11. The molecule has 2 aromatic carbocycles. The number of benzene rings is 2. The average Bonchev–Trinajstić information content (AvgIpc) is 3.61. The third kappa shape index (κ3) is 8.37. The molecule has 3 rings (SSSR count). The number of aliphatic hydroxyl groups is 1. The Morgan fingerprint density at radius 1 is 1.09 bits per heavy atom. The number of nitrogens with one attached hydrogen (secondary N) is 1. The molecule has 1 amide bonds. The molecule has 0 radical (unpaired) electrons. The van der Waals surface area contributed by atoms with Gasteiger partial charge in [-0.2, -0.15) is 0 Å². The molecule has 0 bridgehead atoms. The number of ether oxygens (including phenoxy) is 3. The van der Waals surface area contributed by atoms with Crippen LogP contribution in [0.15, 0.2) is 42.5 Å². The molecule has 5 N–H and O–H groups in total. The van der Waals surface area contributed by atoms with Gasteiger partial charge in [-0.3, -0.25) is 4.79 Å². The summed E-state index contributed by atoms with van der Waals surface area (Å²) in [6.45, 7) is 2.96. The van der Waals surface area contributed by atoms with E-state index in [0.717, 1.165) is 25.6 Å². The first-order chi connectivity index (χ1) is 15.5. The molecule has 8 nitrogen and oxygen atoms in total. The van der Waals surface area contributed by atoms with Crippen LogP contribution < -0.4 is 20.5 Å². The Balaban J connectivity index is 1.25. The third-order valence-corrected chi connectivity index (χ3v) is 5.11. The summed E-state index contributed by atoms with van der Waals surface area (Å²) >= 11 is 0. The minimum Gasteiger partial charge on any atom is -0.507 e. The lowest BCUT2D eigenvalue weighted by molar-refractivity contribution is 0.0996. The number of aliphatic hydroxyl groups excluding tert-OH is 1. The van der Waals surface area contributed by atoms with Gasteiger partial charge in [0.2, 0.25) is 0 Å². The zero-order valence-corrected chi connectivity index (χ0v) is 18.2. The largest absolute Gasteiger partial charge is 0.507 e. The van der Waals surface area contributed by atoms with Gasteiger partial charge in [0.05, 0.1) is 12.2 Å². The van der Waals surface area contributed by atoms with E-state index >= 15 is 0 Å². The van der Waals surface area contributed by atoms with Crippen molar-refractivity contribution in [3.63, 3.8) is 0 Å². The molecule has 174 valence electrons. The standard InChI is InChI=1S/C24H32N2O6/c25-24(29)22-13-21(7-8-23(22)28)31-12-10-26-14-19(27)16-32-20-5-3-17(4-6-20)9-11-30-15-18-1-2-18/h3-8,13,18-19,26-28H,1-2,9-12,14-16H2,(H2,25,29). The number of hydrogen-bond donors (Lipinski definition) is 4. The Morgan fingerprint density at radius 3 is 2.56 bits per heavy atom. The van der Waals surface area contributed by atoms with Crippen LogP contribution in [-0.4, -0.2) is 61.7 Å². The number of carbonyl (C=O) groups excluding carboxylic acids is 1. The van der Waals surface area contributed by atoms with Crippen molar-refractivity contribution < 1.29 is 29.2 Å². The van der Waals surface area contributed by atoms with Crippen LogP contribution in [-0.2, 0) is 11.2 Å². The summed E-state index contributed by atoms with van der Waals surface area (Å²) in [5.41, 5.74) is 6.41. The first kappa shape index (κ1) is 23.8. The molecule has 0 aliphatic heterocycles. The van der Waals surface area contributed by atoms with Gasteiger partial charge < -0.3 is 35.5 Å². The molecule has 1 atom stereocenters. The van der Waals surface area contributed by atoms with Gasteiger partial charge in [-0.25, -0.2) is 0 Å². The van der Waals surface area contributed by atoms with Crippen LogP contribution in [0, 0.1) is 5.92 Å². The molecule has 0 aromatic heterocycles. The minimum absolute atomic E-state index is 0.0120. The second kappa shape index (κ2) is 12.3. The number of primary amides is 1. The number of hydrogen-bond acceptors (Lipinski definition) is 7. The first-order valence-electron chi connectivity index (χ1n) is 10.9. The van der Waals surface area contributed by atoms with Crippen LogP contribution in [0.2, 0.25) is 0 Å². The molecule has 32 heavy (non-hydrogen) atoms. The average molecular weight is 445 g/mol. The summed E-state index contributed by atoms with van der Waals surface area (Å²) < 4.78 is 16.8. The van der Waals surface area contributed by atoms with E-state index in [9.17, 15) is 15.0 Å². The Morgan fingerprint density at radius 2 is 1.84 bits per heavy atom. The predicted octanol–water partition coefficient (Wildman–Crippen LogP) is 1.87. The highest BCUT2D eigenvalue weighted by Crippen LogP contribution is 2.28. The number of phenols is 1. The van der Waals surface area contributed by atoms with E-state index in [0.29, 0.717) is 31.2 Å². The number of carbonyl (C=O) groups is 1. The Hall–Kier alpha value is -2.81. The van der Waals surface area contributed by atoms with Crippen molar-refractivity contribution >= 4 is 5.91 Å². The number of amides is 1. The second-order valence-electron chi connectivity index (χ2n) is 7.97. The summed E-state index contributed by atoms with van der Waals surface area (Å²) in [5.74, 6) is 1.03. The predicted molar refractivity (Wildman–Crippen MR) is 120 cm³/mol. The van der Waals surface area contributed by atoms with Crippen LogP contribution in [0.5, 0.6) is 17.2 Å². The van der Waals surface area contributed by atoms with Gasteiger partial charge in [0.1, 0.15) is 36.6 Å². The van der Waals surface area contributed by atoms with E-state index in [1.54, 1.807) is 6.07 Å². The monoisotopic (exact) mass is 444 g/mol. The van der Waals surface area contributed by atoms with Crippen molar-refractivity contribution in [2.45, 2.75) is 25.4 Å². The Kier molecular flexibility index (Phi) is 9.15. The molecule has 2 aromatic rings. The van der Waals surface area contributed by atoms with E-state index in [1.807, 2.05) is 24.3 Å². The highest BCUT2D eigenvalue weighted by Gasteiger charge is 2.20. The van der Waals surface area contributed by atoms with Crippen LogP contribution in [0.25, 0.3) is 0 Å². The number of aromatic hydroxyl groups is 1. The van der Waals surface area contributed by atoms with Gasteiger partial charge in [-0.1, -0.05) is 12.1 Å². The molecule has 1 saturated carbocycles. The van der Waals surface area contributed by atoms with Crippen molar-refractivity contribution in [3.05, 3.63) is 53.6 Å². The zero-order valence-electron chi connectivity index (χ0n) is 18.2. The Labute approximate surface area is 188 Å². The minimum atomic E-state index is -0.721. The fraction of sp³-hybridized carbons (Fsp3) is 0.458. The van der Waals surface area contributed by atoms with Crippen molar-refractivity contribution in [2.24, 2.45) is 11.7 Å². The molecular weight excluding hydrogens is 412 g/mol.